The van der Waals surface area contributed by atoms with Crippen molar-refractivity contribution in [2.24, 2.45) is 0 Å². The summed E-state index contributed by atoms with van der Waals surface area (Å²) in [5.41, 5.74) is 1.60. The lowest BCUT2D eigenvalue weighted by molar-refractivity contribution is 0.190. The number of imidazole rings is 1. The molecular formula is C12H16N2O3. The van der Waals surface area contributed by atoms with Crippen molar-refractivity contribution < 1.29 is 9.47 Å². The second kappa shape index (κ2) is 5.05. The van der Waals surface area contributed by atoms with Gasteiger partial charge in [-0.2, -0.15) is 0 Å². The van der Waals surface area contributed by atoms with Crippen LogP contribution in [0.3, 0.4) is 0 Å². The van der Waals surface area contributed by atoms with Gasteiger partial charge in [0.15, 0.2) is 0 Å². The zero-order valence-electron chi connectivity index (χ0n) is 10.0. The van der Waals surface area contributed by atoms with Gasteiger partial charge in [0.05, 0.1) is 18.1 Å². The Morgan fingerprint density at radius 3 is 2.88 bits per heavy atom. The number of aromatic nitrogens is 2. The number of methoxy groups -OCH3 is 2. The van der Waals surface area contributed by atoms with Crippen LogP contribution in [0.25, 0.3) is 11.0 Å². The molecule has 0 amide bonds. The molecule has 2 rings (SSSR count). The molecule has 0 aliphatic carbocycles. The molecule has 0 atom stereocenters. The predicted octanol–water partition coefficient (Wildman–Crippen LogP) is 1.37. The lowest BCUT2D eigenvalue weighted by Crippen LogP contribution is -2.17. The molecule has 0 radical (unpaired) electrons. The van der Waals surface area contributed by atoms with Crippen molar-refractivity contribution in [3.63, 3.8) is 0 Å². The largest absolute Gasteiger partial charge is 0.497 e. The van der Waals surface area contributed by atoms with Gasteiger partial charge in [0, 0.05) is 26.3 Å². The fourth-order valence-electron chi connectivity index (χ4n) is 1.86. The molecule has 0 saturated heterocycles. The molecule has 1 aromatic heterocycles. The second-order valence-corrected chi connectivity index (χ2v) is 3.81. The molecule has 0 saturated carbocycles. The van der Waals surface area contributed by atoms with Gasteiger partial charge in [-0.05, 0) is 18.6 Å². The Bertz CT molecular complexity index is 556. The molecule has 0 fully saturated rings. The highest BCUT2D eigenvalue weighted by Gasteiger charge is 2.06. The Morgan fingerprint density at radius 2 is 2.18 bits per heavy atom. The van der Waals surface area contributed by atoms with E-state index in [1.165, 1.54) is 0 Å². The third-order valence-corrected chi connectivity index (χ3v) is 2.71. The number of hydrogen-bond acceptors (Lipinski definition) is 3. The molecule has 1 aromatic carbocycles. The summed E-state index contributed by atoms with van der Waals surface area (Å²) in [5, 5.41) is 0. The SMILES string of the molecule is COCCCn1c(=O)[nH]c2cc(OC)ccc21. The summed E-state index contributed by atoms with van der Waals surface area (Å²) in [7, 11) is 3.26. The first-order chi connectivity index (χ1) is 8.26. The fraction of sp³-hybridized carbons (Fsp3) is 0.417. The standard InChI is InChI=1S/C12H16N2O3/c1-16-7-3-6-14-11-5-4-9(17-2)8-10(11)13-12(14)15/h4-5,8H,3,6-7H2,1-2H3,(H,13,15). The van der Waals surface area contributed by atoms with Crippen LogP contribution in [0.2, 0.25) is 0 Å². The number of hydrogen-bond donors (Lipinski definition) is 1. The van der Waals surface area contributed by atoms with E-state index in [-0.39, 0.29) is 5.69 Å². The first-order valence-corrected chi connectivity index (χ1v) is 5.51. The molecule has 2 aromatic rings. The van der Waals surface area contributed by atoms with Crippen LogP contribution in [0, 0.1) is 0 Å². The van der Waals surface area contributed by atoms with Gasteiger partial charge < -0.3 is 14.5 Å². The van der Waals surface area contributed by atoms with Crippen molar-refractivity contribution in [1.82, 2.24) is 9.55 Å². The Hall–Kier alpha value is -1.75. The van der Waals surface area contributed by atoms with Crippen LogP contribution in [0.1, 0.15) is 6.42 Å². The maximum absolute atomic E-state index is 11.8. The molecular weight excluding hydrogens is 220 g/mol. The fourth-order valence-corrected chi connectivity index (χ4v) is 1.86. The van der Waals surface area contributed by atoms with Crippen molar-refractivity contribution in [3.05, 3.63) is 28.7 Å². The summed E-state index contributed by atoms with van der Waals surface area (Å²) in [4.78, 5) is 14.6. The lowest BCUT2D eigenvalue weighted by Gasteiger charge is -2.03. The summed E-state index contributed by atoms with van der Waals surface area (Å²) < 4.78 is 11.8. The first-order valence-electron chi connectivity index (χ1n) is 5.51. The van der Waals surface area contributed by atoms with E-state index in [0.29, 0.717) is 13.2 Å². The maximum Gasteiger partial charge on any atom is 0.326 e. The van der Waals surface area contributed by atoms with Gasteiger partial charge in [-0.1, -0.05) is 0 Å². The monoisotopic (exact) mass is 236 g/mol. The number of H-pyrrole nitrogens is 1. The Kier molecular flexibility index (Phi) is 3.49. The summed E-state index contributed by atoms with van der Waals surface area (Å²) in [5.74, 6) is 0.739. The van der Waals surface area contributed by atoms with E-state index in [4.69, 9.17) is 9.47 Å². The number of aryl methyl sites for hydroxylation is 1. The van der Waals surface area contributed by atoms with E-state index < -0.39 is 0 Å². The Morgan fingerprint density at radius 1 is 1.35 bits per heavy atom. The van der Waals surface area contributed by atoms with Gasteiger partial charge in [-0.15, -0.1) is 0 Å². The number of ether oxygens (including phenoxy) is 2. The highest BCUT2D eigenvalue weighted by Crippen LogP contribution is 2.18. The Labute approximate surface area is 99.0 Å². The van der Waals surface area contributed by atoms with Crippen LogP contribution >= 0.6 is 0 Å². The molecule has 92 valence electrons. The van der Waals surface area contributed by atoms with E-state index in [2.05, 4.69) is 4.98 Å². The minimum absolute atomic E-state index is 0.0932. The van der Waals surface area contributed by atoms with Gasteiger partial charge in [0.1, 0.15) is 5.75 Å². The molecule has 1 N–H and O–H groups in total. The summed E-state index contributed by atoms with van der Waals surface area (Å²) in [6.07, 6.45) is 0.815. The van der Waals surface area contributed by atoms with Crippen LogP contribution in [-0.2, 0) is 11.3 Å². The molecule has 5 heteroatoms. The van der Waals surface area contributed by atoms with E-state index in [0.717, 1.165) is 23.2 Å². The number of aromatic amines is 1. The minimum Gasteiger partial charge on any atom is -0.497 e. The van der Waals surface area contributed by atoms with Gasteiger partial charge >= 0.3 is 5.69 Å². The first kappa shape index (κ1) is 11.7. The van der Waals surface area contributed by atoms with Gasteiger partial charge in [-0.25, -0.2) is 4.79 Å². The molecule has 0 unspecified atom stereocenters. The van der Waals surface area contributed by atoms with Crippen LogP contribution in [0.5, 0.6) is 5.75 Å². The van der Waals surface area contributed by atoms with Crippen molar-refractivity contribution in [2.75, 3.05) is 20.8 Å². The van der Waals surface area contributed by atoms with Gasteiger partial charge in [0.2, 0.25) is 0 Å². The maximum atomic E-state index is 11.8. The highest BCUT2D eigenvalue weighted by molar-refractivity contribution is 5.76. The van der Waals surface area contributed by atoms with E-state index >= 15 is 0 Å². The molecule has 1 heterocycles. The zero-order chi connectivity index (χ0) is 12.3. The van der Waals surface area contributed by atoms with Crippen LogP contribution < -0.4 is 10.4 Å². The van der Waals surface area contributed by atoms with Gasteiger partial charge in [0.25, 0.3) is 0 Å². The van der Waals surface area contributed by atoms with Crippen molar-refractivity contribution in [3.8, 4) is 5.75 Å². The quantitative estimate of drug-likeness (QED) is 0.798. The third kappa shape index (κ3) is 2.34. The van der Waals surface area contributed by atoms with Crippen LogP contribution in [0.4, 0.5) is 0 Å². The van der Waals surface area contributed by atoms with Crippen LogP contribution in [-0.4, -0.2) is 30.4 Å². The minimum atomic E-state index is -0.0932. The zero-order valence-corrected chi connectivity index (χ0v) is 10.0. The molecule has 0 spiro atoms. The van der Waals surface area contributed by atoms with Crippen LogP contribution in [0.15, 0.2) is 23.0 Å². The molecule has 0 aliphatic rings. The third-order valence-electron chi connectivity index (χ3n) is 2.71. The average Bonchev–Trinajstić information content (AvgIpc) is 2.65. The lowest BCUT2D eigenvalue weighted by atomic mass is 10.3. The van der Waals surface area contributed by atoms with E-state index in [1.807, 2.05) is 18.2 Å². The molecule has 17 heavy (non-hydrogen) atoms. The molecule has 0 aliphatic heterocycles. The normalized spacial score (nSPS) is 10.9. The van der Waals surface area contributed by atoms with Gasteiger partial charge in [-0.3, -0.25) is 4.57 Å². The summed E-state index contributed by atoms with van der Waals surface area (Å²) in [6.45, 7) is 1.30. The van der Waals surface area contributed by atoms with Crippen molar-refractivity contribution in [2.45, 2.75) is 13.0 Å². The summed E-state index contributed by atoms with van der Waals surface area (Å²) in [6, 6.07) is 5.56. The predicted molar refractivity (Wildman–Crippen MR) is 65.6 cm³/mol. The smallest absolute Gasteiger partial charge is 0.326 e. The Balaban J connectivity index is 2.35. The number of fused-ring (bicyclic) bond motifs is 1. The van der Waals surface area contributed by atoms with E-state index in [1.54, 1.807) is 18.8 Å². The highest BCUT2D eigenvalue weighted by atomic mass is 16.5. The number of nitrogens with zero attached hydrogens (tertiary/aromatic N) is 1. The number of rotatable bonds is 5. The van der Waals surface area contributed by atoms with Crippen molar-refractivity contribution in [1.29, 1.82) is 0 Å². The summed E-state index contributed by atoms with van der Waals surface area (Å²) >= 11 is 0. The molecule has 0 bridgehead atoms. The molecule has 5 nitrogen and oxygen atoms in total. The van der Waals surface area contributed by atoms with Crippen molar-refractivity contribution >= 4 is 11.0 Å². The number of benzene rings is 1. The number of nitrogens with one attached hydrogen (secondary N) is 1. The topological polar surface area (TPSA) is 56.2 Å². The van der Waals surface area contributed by atoms with E-state index in [9.17, 15) is 4.79 Å². The second-order valence-electron chi connectivity index (χ2n) is 3.81. The average molecular weight is 236 g/mol.